The molecule has 1 aromatic heterocycles. The molecular formula is C55H48N2O. The van der Waals surface area contributed by atoms with Crippen molar-refractivity contribution in [1.29, 1.82) is 0 Å². The van der Waals surface area contributed by atoms with Crippen LogP contribution in [0.1, 0.15) is 96.9 Å². The Morgan fingerprint density at radius 2 is 1.19 bits per heavy atom. The number of rotatable bonds is 4. The second-order valence-corrected chi connectivity index (χ2v) is 17.4. The standard InChI is InChI=1S/C55H48N2O/c1-35-23-24-40(37-25-27-38(28-26-37)42-31-32-52(54(3,4)5)56-36(42)2)34-49(39-15-7-6-8-16-39)57-53(35)41-29-30-44-43-17-9-10-18-45(43)55(48(44)33-41)46-19-11-13-21-50(46)58-51-22-14-12-20-47(51)55/h6-22,25-35,53H,23-24H2,1-5H3/b40-34+,57-49+. The van der Waals surface area contributed by atoms with Crippen molar-refractivity contribution in [3.63, 3.8) is 0 Å². The number of allylic oxidation sites excluding steroid dienone is 2. The van der Waals surface area contributed by atoms with Crippen LogP contribution in [0.25, 0.3) is 27.8 Å². The lowest BCUT2D eigenvalue weighted by Crippen LogP contribution is -2.32. The summed E-state index contributed by atoms with van der Waals surface area (Å²) >= 11 is 0. The van der Waals surface area contributed by atoms with Crippen molar-refractivity contribution in [2.75, 3.05) is 0 Å². The highest BCUT2D eigenvalue weighted by Gasteiger charge is 2.51. The summed E-state index contributed by atoms with van der Waals surface area (Å²) in [6.45, 7) is 11.2. The molecule has 7 aromatic rings. The number of hydrogen-bond acceptors (Lipinski definition) is 3. The van der Waals surface area contributed by atoms with Gasteiger partial charge < -0.3 is 4.74 Å². The normalized spacial score (nSPS) is 19.5. The minimum absolute atomic E-state index is 0.0177. The maximum absolute atomic E-state index is 6.62. The molecule has 0 fully saturated rings. The van der Waals surface area contributed by atoms with E-state index >= 15 is 0 Å². The van der Waals surface area contributed by atoms with Crippen molar-refractivity contribution in [2.45, 2.75) is 64.3 Å². The lowest BCUT2D eigenvalue weighted by atomic mass is 9.66. The zero-order valence-corrected chi connectivity index (χ0v) is 34.0. The minimum Gasteiger partial charge on any atom is -0.457 e. The lowest BCUT2D eigenvalue weighted by Gasteiger charge is -2.39. The smallest absolute Gasteiger partial charge is 0.132 e. The number of aromatic nitrogens is 1. The van der Waals surface area contributed by atoms with Gasteiger partial charge in [-0.3, -0.25) is 9.98 Å². The highest BCUT2D eigenvalue weighted by Crippen LogP contribution is 2.62. The van der Waals surface area contributed by atoms with Gasteiger partial charge in [0.25, 0.3) is 0 Å². The molecule has 1 spiro atoms. The summed E-state index contributed by atoms with van der Waals surface area (Å²) in [6, 6.07) is 57.5. The van der Waals surface area contributed by atoms with Gasteiger partial charge in [0.1, 0.15) is 11.5 Å². The van der Waals surface area contributed by atoms with Crippen LogP contribution in [0.15, 0.2) is 169 Å². The molecule has 0 saturated carbocycles. The zero-order valence-electron chi connectivity index (χ0n) is 34.0. The summed E-state index contributed by atoms with van der Waals surface area (Å²) in [5.74, 6) is 2.12. The summed E-state index contributed by atoms with van der Waals surface area (Å²) in [7, 11) is 0. The van der Waals surface area contributed by atoms with Gasteiger partial charge in [0, 0.05) is 33.5 Å². The van der Waals surface area contributed by atoms with Gasteiger partial charge >= 0.3 is 0 Å². The van der Waals surface area contributed by atoms with Crippen LogP contribution in [0, 0.1) is 12.8 Å². The van der Waals surface area contributed by atoms with Gasteiger partial charge in [-0.05, 0) is 100 Å². The van der Waals surface area contributed by atoms with Gasteiger partial charge in [-0.25, -0.2) is 0 Å². The molecule has 3 nitrogen and oxygen atoms in total. The van der Waals surface area contributed by atoms with E-state index in [1.807, 2.05) is 0 Å². The Kier molecular flexibility index (Phi) is 8.67. The molecule has 3 aliphatic rings. The van der Waals surface area contributed by atoms with E-state index in [9.17, 15) is 0 Å². The van der Waals surface area contributed by atoms with Gasteiger partial charge in [-0.2, -0.15) is 0 Å². The molecule has 0 N–H and O–H groups in total. The molecule has 0 saturated heterocycles. The molecule has 284 valence electrons. The Balaban J connectivity index is 1.09. The van der Waals surface area contributed by atoms with Crippen LogP contribution in [0.2, 0.25) is 0 Å². The highest BCUT2D eigenvalue weighted by molar-refractivity contribution is 6.12. The maximum Gasteiger partial charge on any atom is 0.132 e. The van der Waals surface area contributed by atoms with Crippen molar-refractivity contribution in [3.8, 4) is 33.8 Å². The van der Waals surface area contributed by atoms with Crippen LogP contribution in [0.3, 0.4) is 0 Å². The average Bonchev–Trinajstić information content (AvgIpc) is 3.52. The van der Waals surface area contributed by atoms with E-state index in [1.54, 1.807) is 0 Å². The third-order valence-corrected chi connectivity index (χ3v) is 12.7. The van der Waals surface area contributed by atoms with Crippen LogP contribution in [0.4, 0.5) is 0 Å². The van der Waals surface area contributed by atoms with Gasteiger partial charge in [0.15, 0.2) is 0 Å². The highest BCUT2D eigenvalue weighted by atomic mass is 16.5. The van der Waals surface area contributed by atoms with Crippen LogP contribution < -0.4 is 4.74 Å². The second kappa shape index (κ2) is 14.0. The third kappa shape index (κ3) is 5.86. The number of ether oxygens (including phenoxy) is 1. The number of hydrogen-bond donors (Lipinski definition) is 0. The van der Waals surface area contributed by atoms with Crippen molar-refractivity contribution in [2.24, 2.45) is 10.9 Å². The molecule has 6 aromatic carbocycles. The number of nitrogens with zero attached hydrogens (tertiary/aromatic N) is 2. The van der Waals surface area contributed by atoms with Crippen LogP contribution in [-0.4, -0.2) is 10.7 Å². The predicted molar refractivity (Wildman–Crippen MR) is 239 cm³/mol. The second-order valence-electron chi connectivity index (χ2n) is 17.4. The third-order valence-electron chi connectivity index (χ3n) is 12.7. The fourth-order valence-corrected chi connectivity index (χ4v) is 9.69. The quantitative estimate of drug-likeness (QED) is 0.179. The SMILES string of the molecule is Cc1nc(C(C)(C)C)ccc1-c1ccc(/C2=C/C(c3ccccc3)=N\C(c3ccc4c(c3)C3(c5ccccc5Oc5ccccc53)c3ccccc3-4)C(C)CC2)cc1. The number of aliphatic imine (C=N–C) groups is 1. The van der Waals surface area contributed by atoms with Gasteiger partial charge in [0.2, 0.25) is 0 Å². The Labute approximate surface area is 342 Å². The van der Waals surface area contributed by atoms with Gasteiger partial charge in [0.05, 0.1) is 17.2 Å². The van der Waals surface area contributed by atoms with E-state index in [0.29, 0.717) is 5.92 Å². The topological polar surface area (TPSA) is 34.5 Å². The molecule has 2 atom stereocenters. The Bertz CT molecular complexity index is 2720. The van der Waals surface area contributed by atoms with E-state index in [2.05, 4.69) is 198 Å². The van der Waals surface area contributed by atoms with E-state index in [4.69, 9.17) is 14.7 Å². The van der Waals surface area contributed by atoms with Crippen molar-refractivity contribution >= 4 is 11.3 Å². The molecule has 3 heterocycles. The molecule has 2 aliphatic heterocycles. The summed E-state index contributed by atoms with van der Waals surface area (Å²) < 4.78 is 6.62. The summed E-state index contributed by atoms with van der Waals surface area (Å²) in [6.07, 6.45) is 4.33. The first-order valence-electron chi connectivity index (χ1n) is 20.7. The van der Waals surface area contributed by atoms with Gasteiger partial charge in [-0.15, -0.1) is 0 Å². The minimum atomic E-state index is -0.507. The number of aryl methyl sites for hydroxylation is 1. The molecule has 1 aliphatic carbocycles. The van der Waals surface area contributed by atoms with Crippen molar-refractivity contribution < 1.29 is 4.74 Å². The Hall–Kier alpha value is -6.32. The molecule has 0 amide bonds. The van der Waals surface area contributed by atoms with E-state index in [0.717, 1.165) is 47.0 Å². The van der Waals surface area contributed by atoms with Crippen LogP contribution in [0.5, 0.6) is 11.5 Å². The maximum atomic E-state index is 6.62. The van der Waals surface area contributed by atoms with E-state index < -0.39 is 5.41 Å². The molecule has 2 unspecified atom stereocenters. The number of para-hydroxylation sites is 2. The first-order chi connectivity index (χ1) is 28.2. The molecule has 10 rings (SSSR count). The average molecular weight is 753 g/mol. The molecular weight excluding hydrogens is 705 g/mol. The lowest BCUT2D eigenvalue weighted by molar-refractivity contribution is 0.434. The number of fused-ring (bicyclic) bond motifs is 9. The van der Waals surface area contributed by atoms with Crippen LogP contribution >= 0.6 is 0 Å². The fraction of sp³-hybridized carbons (Fsp3) is 0.200. The summed E-state index contributed by atoms with van der Waals surface area (Å²) in [4.78, 5) is 10.7. The Morgan fingerprint density at radius 1 is 0.586 bits per heavy atom. The van der Waals surface area contributed by atoms with Crippen molar-refractivity contribution in [3.05, 3.63) is 214 Å². The molecule has 3 heteroatoms. The first-order valence-corrected chi connectivity index (χ1v) is 20.7. The van der Waals surface area contributed by atoms with E-state index in [-0.39, 0.29) is 11.5 Å². The van der Waals surface area contributed by atoms with Crippen molar-refractivity contribution in [1.82, 2.24) is 4.98 Å². The zero-order chi connectivity index (χ0) is 39.6. The van der Waals surface area contributed by atoms with Gasteiger partial charge in [-0.1, -0.05) is 167 Å². The monoisotopic (exact) mass is 752 g/mol. The van der Waals surface area contributed by atoms with E-state index in [1.165, 1.54) is 61.2 Å². The number of benzene rings is 6. The predicted octanol–water partition coefficient (Wildman–Crippen LogP) is 13.9. The largest absolute Gasteiger partial charge is 0.457 e. The summed E-state index contributed by atoms with van der Waals surface area (Å²) in [5, 5.41) is 0. The first kappa shape index (κ1) is 36.0. The fourth-order valence-electron chi connectivity index (χ4n) is 9.69. The number of pyridine rings is 1. The van der Waals surface area contributed by atoms with Crippen LogP contribution in [-0.2, 0) is 10.8 Å². The molecule has 58 heavy (non-hydrogen) atoms. The molecule has 0 radical (unpaired) electrons. The molecule has 0 bridgehead atoms. The Morgan fingerprint density at radius 3 is 1.88 bits per heavy atom. The summed E-state index contributed by atoms with van der Waals surface area (Å²) in [5.41, 5.74) is 17.6.